The van der Waals surface area contributed by atoms with E-state index >= 15 is 0 Å². The molecule has 0 saturated carbocycles. The number of carbonyl (C=O) groups is 2. The molecule has 3 rings (SSSR count). The molecule has 0 aliphatic heterocycles. The van der Waals surface area contributed by atoms with Gasteiger partial charge in [0.15, 0.2) is 6.61 Å². The summed E-state index contributed by atoms with van der Waals surface area (Å²) in [6.07, 6.45) is 1.13. The van der Waals surface area contributed by atoms with Gasteiger partial charge >= 0.3 is 0 Å². The van der Waals surface area contributed by atoms with Crippen LogP contribution in [0.2, 0.25) is 10.0 Å². The van der Waals surface area contributed by atoms with E-state index < -0.39 is 6.04 Å². The number of amides is 2. The Morgan fingerprint density at radius 2 is 1.53 bits per heavy atom. The van der Waals surface area contributed by atoms with Crippen LogP contribution in [0.5, 0.6) is 5.75 Å². The summed E-state index contributed by atoms with van der Waals surface area (Å²) in [7, 11) is 0. The highest BCUT2D eigenvalue weighted by atomic mass is 35.5. The van der Waals surface area contributed by atoms with E-state index in [0.717, 1.165) is 12.0 Å². The van der Waals surface area contributed by atoms with Crippen LogP contribution in [-0.4, -0.2) is 35.9 Å². The molecule has 0 aromatic heterocycles. The minimum atomic E-state index is -0.770. The molecule has 34 heavy (non-hydrogen) atoms. The number of rotatable bonds is 11. The summed E-state index contributed by atoms with van der Waals surface area (Å²) in [5.74, 6) is -0.00372. The minimum absolute atomic E-state index is 0.0759. The number of nitrogens with zero attached hydrogens (tertiary/aromatic N) is 1. The van der Waals surface area contributed by atoms with Crippen molar-refractivity contribution in [2.24, 2.45) is 0 Å². The summed E-state index contributed by atoms with van der Waals surface area (Å²) in [6, 6.07) is 23.1. The van der Waals surface area contributed by atoms with Gasteiger partial charge in [0.1, 0.15) is 11.8 Å². The fourth-order valence-corrected chi connectivity index (χ4v) is 4.04. The predicted molar refractivity (Wildman–Crippen MR) is 136 cm³/mol. The maximum atomic E-state index is 13.5. The Morgan fingerprint density at radius 1 is 0.912 bits per heavy atom. The zero-order valence-corrected chi connectivity index (χ0v) is 20.6. The van der Waals surface area contributed by atoms with Crippen molar-refractivity contribution in [3.8, 4) is 5.75 Å². The lowest BCUT2D eigenvalue weighted by Crippen LogP contribution is -2.51. The van der Waals surface area contributed by atoms with Crippen LogP contribution in [0, 0.1) is 0 Å². The SMILES string of the molecule is CCCNC(=O)C(Cc1ccccc1)N(Cc1c(Cl)cccc1Cl)C(=O)COc1ccccc1. The fourth-order valence-electron chi connectivity index (χ4n) is 3.52. The Labute approximate surface area is 210 Å². The van der Waals surface area contributed by atoms with Gasteiger partial charge in [-0.15, -0.1) is 0 Å². The van der Waals surface area contributed by atoms with Crippen molar-refractivity contribution in [1.29, 1.82) is 0 Å². The van der Waals surface area contributed by atoms with Gasteiger partial charge in [-0.05, 0) is 36.2 Å². The average Bonchev–Trinajstić information content (AvgIpc) is 2.86. The van der Waals surface area contributed by atoms with E-state index in [1.165, 1.54) is 4.90 Å². The van der Waals surface area contributed by atoms with Crippen molar-refractivity contribution in [3.63, 3.8) is 0 Å². The highest BCUT2D eigenvalue weighted by Gasteiger charge is 2.31. The number of hydrogen-bond acceptors (Lipinski definition) is 3. The van der Waals surface area contributed by atoms with E-state index in [-0.39, 0.29) is 25.0 Å². The van der Waals surface area contributed by atoms with E-state index in [9.17, 15) is 9.59 Å². The van der Waals surface area contributed by atoms with E-state index in [2.05, 4.69) is 5.32 Å². The Hall–Kier alpha value is -3.02. The number of para-hydroxylation sites is 1. The van der Waals surface area contributed by atoms with Crippen molar-refractivity contribution < 1.29 is 14.3 Å². The third kappa shape index (κ3) is 7.24. The molecule has 0 fully saturated rings. The van der Waals surface area contributed by atoms with Crippen LogP contribution in [0.1, 0.15) is 24.5 Å². The van der Waals surface area contributed by atoms with Gasteiger partial charge < -0.3 is 15.0 Å². The molecule has 5 nitrogen and oxygen atoms in total. The molecule has 0 radical (unpaired) electrons. The average molecular weight is 499 g/mol. The van der Waals surface area contributed by atoms with Crippen molar-refractivity contribution in [3.05, 3.63) is 100 Å². The lowest BCUT2D eigenvalue weighted by molar-refractivity contribution is -0.142. The summed E-state index contributed by atoms with van der Waals surface area (Å²) >= 11 is 12.9. The third-order valence-electron chi connectivity index (χ3n) is 5.32. The lowest BCUT2D eigenvalue weighted by atomic mass is 10.0. The zero-order valence-electron chi connectivity index (χ0n) is 19.0. The van der Waals surface area contributed by atoms with Gasteiger partial charge in [-0.3, -0.25) is 9.59 Å². The fraction of sp³-hybridized carbons (Fsp3) is 0.259. The Morgan fingerprint density at radius 3 is 2.15 bits per heavy atom. The molecule has 178 valence electrons. The van der Waals surface area contributed by atoms with Crippen LogP contribution < -0.4 is 10.1 Å². The molecule has 0 aliphatic carbocycles. The van der Waals surface area contributed by atoms with Gasteiger partial charge in [0, 0.05) is 35.1 Å². The highest BCUT2D eigenvalue weighted by Crippen LogP contribution is 2.27. The number of carbonyl (C=O) groups excluding carboxylic acids is 2. The van der Waals surface area contributed by atoms with E-state index in [1.54, 1.807) is 30.3 Å². The first-order valence-electron chi connectivity index (χ1n) is 11.2. The number of ether oxygens (including phenoxy) is 1. The lowest BCUT2D eigenvalue weighted by Gasteiger charge is -2.32. The summed E-state index contributed by atoms with van der Waals surface area (Å²) in [4.78, 5) is 28.3. The molecular formula is C27H28Cl2N2O3. The van der Waals surface area contributed by atoms with Crippen molar-refractivity contribution in [2.45, 2.75) is 32.4 Å². The van der Waals surface area contributed by atoms with Gasteiger partial charge in [0.05, 0.1) is 0 Å². The molecular weight excluding hydrogens is 471 g/mol. The normalized spacial score (nSPS) is 11.5. The van der Waals surface area contributed by atoms with Gasteiger partial charge in [-0.2, -0.15) is 0 Å². The molecule has 0 heterocycles. The first-order valence-corrected chi connectivity index (χ1v) is 12.0. The second-order valence-corrected chi connectivity index (χ2v) is 8.63. The summed E-state index contributed by atoms with van der Waals surface area (Å²) in [5.41, 5.74) is 1.52. The zero-order chi connectivity index (χ0) is 24.3. The second kappa shape index (κ2) is 13.0. The summed E-state index contributed by atoms with van der Waals surface area (Å²) in [6.45, 7) is 2.34. The molecule has 0 saturated heterocycles. The smallest absolute Gasteiger partial charge is 0.261 e. The second-order valence-electron chi connectivity index (χ2n) is 7.82. The topological polar surface area (TPSA) is 58.6 Å². The van der Waals surface area contributed by atoms with Crippen LogP contribution in [0.15, 0.2) is 78.9 Å². The predicted octanol–water partition coefficient (Wildman–Crippen LogP) is 5.54. The number of nitrogens with one attached hydrogen (secondary N) is 1. The molecule has 1 atom stereocenters. The van der Waals surface area contributed by atoms with Crippen LogP contribution in [-0.2, 0) is 22.6 Å². The van der Waals surface area contributed by atoms with Gasteiger partial charge in [-0.25, -0.2) is 0 Å². The molecule has 0 spiro atoms. The van der Waals surface area contributed by atoms with Crippen molar-refractivity contribution in [1.82, 2.24) is 10.2 Å². The first kappa shape index (κ1) is 25.6. The van der Waals surface area contributed by atoms with Crippen molar-refractivity contribution >= 4 is 35.0 Å². The van der Waals surface area contributed by atoms with Gasteiger partial charge in [0.2, 0.25) is 5.91 Å². The molecule has 3 aromatic rings. The summed E-state index contributed by atoms with van der Waals surface area (Å²) < 4.78 is 5.72. The Balaban J connectivity index is 1.93. The molecule has 3 aromatic carbocycles. The maximum absolute atomic E-state index is 13.5. The number of halogens is 2. The molecule has 1 unspecified atom stereocenters. The van der Waals surface area contributed by atoms with Crippen molar-refractivity contribution in [2.75, 3.05) is 13.2 Å². The third-order valence-corrected chi connectivity index (χ3v) is 6.02. The van der Waals surface area contributed by atoms with Gasteiger partial charge in [0.25, 0.3) is 5.91 Å². The molecule has 0 aliphatic rings. The number of benzene rings is 3. The quantitative estimate of drug-likeness (QED) is 0.377. The number of hydrogen-bond donors (Lipinski definition) is 1. The molecule has 7 heteroatoms. The first-order chi connectivity index (χ1) is 16.5. The Kier molecular flexibility index (Phi) is 9.80. The van der Waals surface area contributed by atoms with E-state index in [4.69, 9.17) is 27.9 Å². The van der Waals surface area contributed by atoms with Crippen LogP contribution >= 0.6 is 23.2 Å². The Bertz CT molecular complexity index is 1060. The minimum Gasteiger partial charge on any atom is -0.484 e. The van der Waals surface area contributed by atoms with Crippen LogP contribution in [0.3, 0.4) is 0 Å². The van der Waals surface area contributed by atoms with E-state index in [0.29, 0.717) is 34.3 Å². The molecule has 1 N–H and O–H groups in total. The molecule has 0 bridgehead atoms. The van der Waals surface area contributed by atoms with Crippen LogP contribution in [0.4, 0.5) is 0 Å². The summed E-state index contributed by atoms with van der Waals surface area (Å²) in [5, 5.41) is 3.80. The molecule has 2 amide bonds. The largest absolute Gasteiger partial charge is 0.484 e. The monoisotopic (exact) mass is 498 g/mol. The van der Waals surface area contributed by atoms with Crippen LogP contribution in [0.25, 0.3) is 0 Å². The maximum Gasteiger partial charge on any atom is 0.261 e. The van der Waals surface area contributed by atoms with Gasteiger partial charge in [-0.1, -0.05) is 84.7 Å². The highest BCUT2D eigenvalue weighted by molar-refractivity contribution is 6.36. The standard InChI is InChI=1S/C27H28Cl2N2O3/c1-2-16-30-27(33)25(17-20-10-5-3-6-11-20)31(18-22-23(28)14-9-15-24(22)29)26(32)19-34-21-12-7-4-8-13-21/h3-15,25H,2,16-19H2,1H3,(H,30,33). The van der Waals surface area contributed by atoms with E-state index in [1.807, 2.05) is 55.5 Å².